The van der Waals surface area contributed by atoms with E-state index in [1.54, 1.807) is 0 Å². The van der Waals surface area contributed by atoms with Crippen LogP contribution in [0.4, 0.5) is 17.1 Å². The number of para-hydroxylation sites is 2. The van der Waals surface area contributed by atoms with Gasteiger partial charge in [-0.25, -0.2) is 4.85 Å². The van der Waals surface area contributed by atoms with Gasteiger partial charge in [0.25, 0.3) is 0 Å². The first-order valence-electron chi connectivity index (χ1n) is 14.7. The van der Waals surface area contributed by atoms with E-state index in [0.717, 1.165) is 55.8 Å². The summed E-state index contributed by atoms with van der Waals surface area (Å²) in [7, 11) is 0. The predicted octanol–water partition coefficient (Wildman–Crippen LogP) is 9.97. The molecule has 1 aliphatic heterocycles. The van der Waals surface area contributed by atoms with Gasteiger partial charge in [0.15, 0.2) is 11.8 Å². The summed E-state index contributed by atoms with van der Waals surface area (Å²) in [6.07, 6.45) is 7.91. The molecule has 5 heteroatoms. The zero-order chi connectivity index (χ0) is 31.8. The second kappa shape index (κ2) is 13.4. The molecule has 0 aromatic heterocycles. The smallest absolute Gasteiger partial charge is 0.373 e. The first-order valence-corrected chi connectivity index (χ1v) is 14.7. The molecule has 220 valence electrons. The Labute approximate surface area is 267 Å². The van der Waals surface area contributed by atoms with E-state index in [9.17, 15) is 0 Å². The Balaban J connectivity index is 0.00000119. The minimum atomic E-state index is -0.776. The molecule has 5 nitrogen and oxygen atoms in total. The molecule has 0 radical (unpaired) electrons. The molecular formula is C41H28N2O3. The molecule has 1 aliphatic rings. The van der Waals surface area contributed by atoms with Gasteiger partial charge in [-0.2, -0.15) is 9.59 Å². The van der Waals surface area contributed by atoms with Gasteiger partial charge >= 0.3 is 6.15 Å². The summed E-state index contributed by atoms with van der Waals surface area (Å²) >= 11 is 0. The number of benzene rings is 6. The van der Waals surface area contributed by atoms with Crippen molar-refractivity contribution >= 4 is 46.1 Å². The molecule has 6 aromatic carbocycles. The number of carbonyl (C=O) groups excluding carboxylic acids is 2. The third-order valence-corrected chi connectivity index (χ3v) is 7.93. The van der Waals surface area contributed by atoms with Crippen LogP contribution < -0.4 is 9.64 Å². The van der Waals surface area contributed by atoms with Gasteiger partial charge in [0.1, 0.15) is 5.75 Å². The summed E-state index contributed by atoms with van der Waals surface area (Å²) in [6.45, 7) is 7.04. The Hall–Kier alpha value is -6.47. The van der Waals surface area contributed by atoms with Crippen molar-refractivity contribution in [1.29, 1.82) is 0 Å². The lowest BCUT2D eigenvalue weighted by Crippen LogP contribution is -2.34. The van der Waals surface area contributed by atoms with Crippen LogP contribution in [0, 0.1) is 6.57 Å². The lowest BCUT2D eigenvalue weighted by atomic mass is 9.83. The van der Waals surface area contributed by atoms with Crippen molar-refractivity contribution in [2.75, 3.05) is 4.90 Å². The monoisotopic (exact) mass is 596 g/mol. The number of anilines is 3. The Bertz CT molecular complexity index is 2050. The van der Waals surface area contributed by atoms with Crippen molar-refractivity contribution in [3.05, 3.63) is 192 Å². The maximum Gasteiger partial charge on any atom is 0.373 e. The van der Waals surface area contributed by atoms with Crippen LogP contribution in [0.15, 0.2) is 158 Å². The van der Waals surface area contributed by atoms with E-state index in [1.165, 1.54) is 6.20 Å². The highest BCUT2D eigenvalue weighted by Gasteiger charge is 2.37. The number of ether oxygens (including phenoxy) is 1. The van der Waals surface area contributed by atoms with Crippen molar-refractivity contribution < 1.29 is 14.3 Å². The van der Waals surface area contributed by atoms with Gasteiger partial charge in [0, 0.05) is 33.8 Å². The highest BCUT2D eigenvalue weighted by Crippen LogP contribution is 2.45. The van der Waals surface area contributed by atoms with E-state index < -0.39 is 5.60 Å². The number of rotatable bonds is 6. The van der Waals surface area contributed by atoms with Gasteiger partial charge in [-0.15, -0.1) is 0 Å². The molecule has 0 aliphatic carbocycles. The maximum atomic E-state index is 8.12. The van der Waals surface area contributed by atoms with E-state index >= 15 is 0 Å². The van der Waals surface area contributed by atoms with Gasteiger partial charge in [0.05, 0.1) is 6.57 Å². The molecule has 1 heterocycles. The Morgan fingerprint density at radius 2 is 1.26 bits per heavy atom. The molecule has 0 saturated heterocycles. The van der Waals surface area contributed by atoms with Crippen molar-refractivity contribution in [1.82, 2.24) is 0 Å². The van der Waals surface area contributed by atoms with E-state index in [-0.39, 0.29) is 6.15 Å². The third kappa shape index (κ3) is 5.85. The molecular weight excluding hydrogens is 568 g/mol. The maximum absolute atomic E-state index is 8.12. The van der Waals surface area contributed by atoms with Crippen molar-refractivity contribution in [2.45, 2.75) is 5.60 Å². The van der Waals surface area contributed by atoms with Gasteiger partial charge in [-0.05, 0) is 71.0 Å². The molecule has 1 atom stereocenters. The van der Waals surface area contributed by atoms with Crippen LogP contribution in [-0.2, 0) is 15.2 Å². The average molecular weight is 597 g/mol. The first kappa shape index (κ1) is 29.6. The second-order valence-electron chi connectivity index (χ2n) is 10.6. The van der Waals surface area contributed by atoms with Crippen molar-refractivity contribution in [2.24, 2.45) is 0 Å². The molecule has 0 amide bonds. The number of hydrogen-bond donors (Lipinski definition) is 0. The Morgan fingerprint density at radius 3 is 1.87 bits per heavy atom. The lowest BCUT2D eigenvalue weighted by Gasteiger charge is -2.36. The lowest BCUT2D eigenvalue weighted by molar-refractivity contribution is -0.191. The molecule has 0 N–H and O–H groups in total. The van der Waals surface area contributed by atoms with E-state index in [4.69, 9.17) is 20.9 Å². The molecule has 46 heavy (non-hydrogen) atoms. The van der Waals surface area contributed by atoms with E-state index in [1.807, 2.05) is 48.5 Å². The predicted molar refractivity (Wildman–Crippen MR) is 183 cm³/mol. The SMILES string of the molecule is O=C=O.[C-]#[N+]/C=C\c1ccc(C2(c3ccccc3)C=Cc3c(ccc4cc(N(c5ccccc5)c5ccccc5)ccc34)O2)cc1. The highest BCUT2D eigenvalue weighted by molar-refractivity contribution is 5.97. The van der Waals surface area contributed by atoms with Crippen molar-refractivity contribution in [3.63, 3.8) is 0 Å². The molecule has 0 bridgehead atoms. The Kier molecular flexibility index (Phi) is 8.65. The molecule has 0 spiro atoms. The van der Waals surface area contributed by atoms with E-state index in [0.29, 0.717) is 0 Å². The average Bonchev–Trinajstić information content (AvgIpc) is 3.12. The van der Waals surface area contributed by atoms with Crippen LogP contribution in [0.2, 0.25) is 0 Å². The third-order valence-electron chi connectivity index (χ3n) is 7.93. The number of hydrogen-bond acceptors (Lipinski definition) is 4. The Morgan fingerprint density at radius 1 is 0.674 bits per heavy atom. The first-order chi connectivity index (χ1) is 22.7. The standard InChI is InChI=1S/C40H28N2O.CO2/c1-41-28-26-30-17-20-33(21-18-30)40(32-11-5-2-6-12-32)27-25-38-37-23-22-36(29-31(37)19-24-39(38)43-40)42(34-13-7-3-8-14-34)35-15-9-4-10-16-35;2-1-3/h2-29H;/b28-26-;. The molecule has 6 aromatic rings. The van der Waals surface area contributed by atoms with Crippen LogP contribution in [0.25, 0.3) is 27.8 Å². The molecule has 7 rings (SSSR count). The van der Waals surface area contributed by atoms with Crippen LogP contribution in [-0.4, -0.2) is 6.15 Å². The summed E-state index contributed by atoms with van der Waals surface area (Å²) in [6, 6.07) is 50.3. The van der Waals surface area contributed by atoms with Crippen LogP contribution in [0.3, 0.4) is 0 Å². The summed E-state index contributed by atoms with van der Waals surface area (Å²) in [4.78, 5) is 21.9. The van der Waals surface area contributed by atoms with Crippen molar-refractivity contribution in [3.8, 4) is 5.75 Å². The van der Waals surface area contributed by atoms with Gasteiger partial charge in [-0.1, -0.05) is 109 Å². The minimum Gasteiger partial charge on any atom is -0.473 e. The number of fused-ring (bicyclic) bond motifs is 3. The fourth-order valence-electron chi connectivity index (χ4n) is 5.86. The zero-order valence-electron chi connectivity index (χ0n) is 24.8. The fourth-order valence-corrected chi connectivity index (χ4v) is 5.86. The summed E-state index contributed by atoms with van der Waals surface area (Å²) in [5.74, 6) is 0.839. The highest BCUT2D eigenvalue weighted by atomic mass is 16.5. The summed E-state index contributed by atoms with van der Waals surface area (Å²) < 4.78 is 6.97. The second-order valence-corrected chi connectivity index (χ2v) is 10.6. The normalized spacial score (nSPS) is 14.7. The molecule has 1 unspecified atom stereocenters. The van der Waals surface area contributed by atoms with E-state index in [2.05, 4.69) is 125 Å². The van der Waals surface area contributed by atoms with Crippen LogP contribution in [0.1, 0.15) is 22.3 Å². The van der Waals surface area contributed by atoms with Gasteiger partial charge in [-0.3, -0.25) is 0 Å². The number of nitrogens with zero attached hydrogens (tertiary/aromatic N) is 2. The quantitative estimate of drug-likeness (QED) is 0.180. The van der Waals surface area contributed by atoms with Gasteiger partial charge < -0.3 is 9.64 Å². The fraction of sp³-hybridized carbons (Fsp3) is 0.0244. The minimum absolute atomic E-state index is 0.250. The molecule has 0 fully saturated rings. The summed E-state index contributed by atoms with van der Waals surface area (Å²) in [5, 5.41) is 2.28. The van der Waals surface area contributed by atoms with Crippen LogP contribution in [0.5, 0.6) is 5.75 Å². The van der Waals surface area contributed by atoms with Gasteiger partial charge in [0.2, 0.25) is 0 Å². The van der Waals surface area contributed by atoms with Crippen LogP contribution >= 0.6 is 0 Å². The zero-order valence-corrected chi connectivity index (χ0v) is 24.8. The summed E-state index contributed by atoms with van der Waals surface area (Å²) in [5.41, 5.74) is 6.66. The largest absolute Gasteiger partial charge is 0.473 e. The molecule has 0 saturated carbocycles. The topological polar surface area (TPSA) is 51.0 Å².